The van der Waals surface area contributed by atoms with Gasteiger partial charge in [0.05, 0.1) is 0 Å². The maximum absolute atomic E-state index is 4.49. The molecule has 16 aliphatic rings. The first-order chi connectivity index (χ1) is 21.2. The van der Waals surface area contributed by atoms with E-state index < -0.39 is 22.7 Å². The molecule has 2 N–H and O–H groups in total. The van der Waals surface area contributed by atoms with Gasteiger partial charge in [0, 0.05) is 0 Å². The van der Waals surface area contributed by atoms with Gasteiger partial charge in [0.15, 0.2) is 0 Å². The summed E-state index contributed by atoms with van der Waals surface area (Å²) >= 11 is 0. The minimum atomic E-state index is -4.41. The van der Waals surface area contributed by atoms with E-state index in [9.17, 15) is 0 Å². The van der Waals surface area contributed by atoms with Crippen LogP contribution in [-0.2, 0) is 6.51 Å². The second kappa shape index (κ2) is 4.25. The predicted octanol–water partition coefficient (Wildman–Crippen LogP) is 9.83. The van der Waals surface area contributed by atoms with E-state index in [1.807, 2.05) is 0 Å². The molecule has 2 nitrogen and oxygen atoms in total. The minimum absolute atomic E-state index is 0.430. The molecule has 16 fully saturated rings. The van der Waals surface area contributed by atoms with Crippen LogP contribution in [0.3, 0.4) is 0 Å². The van der Waals surface area contributed by atoms with E-state index in [-0.39, 0.29) is 0 Å². The van der Waals surface area contributed by atoms with Crippen LogP contribution in [0.1, 0.15) is 70.6 Å². The van der Waals surface area contributed by atoms with Gasteiger partial charge < -0.3 is 0 Å². The van der Waals surface area contributed by atoms with Crippen molar-refractivity contribution in [3.05, 3.63) is 0 Å². The van der Waals surface area contributed by atoms with Gasteiger partial charge in [-0.2, -0.15) is 0 Å². The molecule has 0 radical (unpaired) electrons. The summed E-state index contributed by atoms with van der Waals surface area (Å²) in [4.78, 5) is 8.17. The maximum atomic E-state index is 4.49. The molecular weight excluding hydrogens is 658 g/mol. The first kappa shape index (κ1) is 26.5. The summed E-state index contributed by atoms with van der Waals surface area (Å²) in [6.45, 7) is 16.5. The van der Waals surface area contributed by atoms with Crippen molar-refractivity contribution >= 4 is 34.6 Å². The summed E-state index contributed by atoms with van der Waals surface area (Å²) in [5.74, 6) is 4.41. The van der Waals surface area contributed by atoms with Crippen molar-refractivity contribution in [1.29, 1.82) is 0 Å². The van der Waals surface area contributed by atoms with Crippen LogP contribution in [0.4, 0.5) is 0 Å². The molecule has 7 heteroatoms. The van der Waals surface area contributed by atoms with Crippen LogP contribution in [0.15, 0.2) is 0 Å². The van der Waals surface area contributed by atoms with Crippen molar-refractivity contribution in [3.63, 3.8) is 0 Å². The number of nitrogens with one attached hydrogen (secondary N) is 2. The van der Waals surface area contributed by atoms with Crippen LogP contribution in [0.2, 0.25) is 84.7 Å². The predicted molar refractivity (Wildman–Crippen MR) is 198 cm³/mol. The zero-order valence-electron chi connectivity index (χ0n) is 29.3. The zero-order chi connectivity index (χ0) is 30.6. The fourth-order valence-corrected chi connectivity index (χ4v) is 175. The first-order valence-electron chi connectivity index (χ1n) is 20.3. The van der Waals surface area contributed by atoms with E-state index in [1.165, 1.54) is 86.7 Å². The molecule has 12 saturated heterocycles. The summed E-state index contributed by atoms with van der Waals surface area (Å²) in [5.41, 5.74) is 0.711. The Morgan fingerprint density at radius 3 is 1.56 bits per heavy atom. The second-order valence-corrected chi connectivity index (χ2v) is 60.3. The standard InChI is InChI=1S/C33H59N2P2Si2.C5H5.Fe/c1-38(2,3)27-20-26(33(37,28-11-7-9-13-34-28)29-12-8-10-14-35-29)30(31(27)39(4,5)6)32(21-36)24-16-22-15-23(18-24)19-25(32)17-22;1-2-4-5-3-1;/h20,22-25,28-29,34-35H,7-19,21,36-37H2,1-6H3;1-5H;. The van der Waals surface area contributed by atoms with Gasteiger partial charge in [-0.3, -0.25) is 0 Å². The van der Waals surface area contributed by atoms with E-state index in [1.54, 1.807) is 32.1 Å². The molecule has 9 unspecified atom stereocenters. The van der Waals surface area contributed by atoms with E-state index >= 15 is 0 Å². The third-order valence-electron chi connectivity index (χ3n) is 27.3. The average Bonchev–Trinajstić information content (AvgIpc) is 3.95. The van der Waals surface area contributed by atoms with Crippen LogP contribution in [0, 0.1) is 29.1 Å². The van der Waals surface area contributed by atoms with Crippen molar-refractivity contribution in [1.82, 2.24) is 10.6 Å². The molecule has 9 atom stereocenters. The van der Waals surface area contributed by atoms with Gasteiger partial charge in [0.25, 0.3) is 0 Å². The fraction of sp³-hybridized carbons (Fsp3) is 1.00. The third-order valence-corrected chi connectivity index (χ3v) is 91.9. The molecule has 1 spiro atoms. The van der Waals surface area contributed by atoms with Gasteiger partial charge >= 0.3 is 273 Å². The van der Waals surface area contributed by atoms with Crippen LogP contribution in [-0.4, -0.2) is 52.6 Å². The van der Waals surface area contributed by atoms with Gasteiger partial charge in [-0.25, -0.2) is 0 Å². The van der Waals surface area contributed by atoms with Crippen molar-refractivity contribution in [3.8, 4) is 0 Å². The molecule has 0 aromatic heterocycles. The first-order valence-corrected chi connectivity index (χ1v) is 34.7. The summed E-state index contributed by atoms with van der Waals surface area (Å²) in [6.07, 6.45) is 18.6. The van der Waals surface area contributed by atoms with Crippen molar-refractivity contribution in [2.75, 3.05) is 19.3 Å². The molecule has 0 amide bonds. The molecule has 4 aliphatic carbocycles. The Bertz CT molecular complexity index is 1900. The monoisotopic (exact) mass is 722 g/mol. The number of hydrogen-bond acceptors (Lipinski definition) is 2. The molecule has 4 bridgehead atoms. The van der Waals surface area contributed by atoms with Gasteiger partial charge in [-0.1, -0.05) is 0 Å². The SMILES string of the molecule is C[Si](C)(C)[C]12[CH]3[C]4(C(P)(C5CCCCN5)C5CCCCN5)[C]5(C6(CP)C7CC8CC(C7)CC6C8)[C]1([Si](C)(C)C)[Fe]34521678[CH]2[CH]1[CH]6[CH]7[CH]28. The molecule has 16 rings (SSSR count). The van der Waals surface area contributed by atoms with Crippen molar-refractivity contribution in [2.45, 2.75) is 173 Å². The van der Waals surface area contributed by atoms with Crippen molar-refractivity contribution in [2.24, 2.45) is 29.1 Å². The van der Waals surface area contributed by atoms with Gasteiger partial charge in [-0.05, 0) is 0 Å². The van der Waals surface area contributed by atoms with Crippen molar-refractivity contribution < 1.29 is 6.51 Å². The Labute approximate surface area is 271 Å². The molecule has 0 aromatic carbocycles. The summed E-state index contributed by atoms with van der Waals surface area (Å²) in [5, 5.41) is 9.40. The van der Waals surface area contributed by atoms with E-state index in [2.05, 4.69) is 68.4 Å². The van der Waals surface area contributed by atoms with Gasteiger partial charge in [0.2, 0.25) is 0 Å². The third kappa shape index (κ3) is 0.691. The number of rotatable bonds is 7. The van der Waals surface area contributed by atoms with Crippen LogP contribution >= 0.6 is 18.5 Å². The van der Waals surface area contributed by atoms with Crippen LogP contribution in [0.25, 0.3) is 0 Å². The van der Waals surface area contributed by atoms with E-state index in [0.717, 1.165) is 52.3 Å². The van der Waals surface area contributed by atoms with Crippen LogP contribution in [0.5, 0.6) is 0 Å². The normalized spacial score (nSPS) is 81.0. The molecular formula is C38H64FeN2P2Si2. The molecule has 0 aromatic rings. The Balaban J connectivity index is 1.15. The average molecular weight is 723 g/mol. The molecule has 252 valence electrons. The fourth-order valence-electron chi connectivity index (χ4n) is 32.7. The number of hydrogen-bond donors (Lipinski definition) is 2. The summed E-state index contributed by atoms with van der Waals surface area (Å²) in [7, 11) is 4.87. The van der Waals surface area contributed by atoms with Gasteiger partial charge in [-0.15, -0.1) is 0 Å². The summed E-state index contributed by atoms with van der Waals surface area (Å²) < 4.78 is 3.63. The Morgan fingerprint density at radius 2 is 1.20 bits per heavy atom. The molecule has 12 heterocycles. The Morgan fingerprint density at radius 1 is 0.711 bits per heavy atom. The Kier molecular flexibility index (Phi) is 2.50. The second-order valence-electron chi connectivity index (χ2n) is 24.9. The van der Waals surface area contributed by atoms with Crippen LogP contribution < -0.4 is 10.6 Å². The Hall–Kier alpha value is 1.73. The van der Waals surface area contributed by atoms with E-state index in [4.69, 9.17) is 0 Å². The molecule has 12 aliphatic heterocycles. The van der Waals surface area contributed by atoms with Gasteiger partial charge in [0.1, 0.15) is 0 Å². The quantitative estimate of drug-likeness (QED) is 0.202. The number of fused-ring (bicyclic) bond motifs is 11. The van der Waals surface area contributed by atoms with E-state index in [0.29, 0.717) is 10.6 Å². The molecule has 4 saturated carbocycles. The molecule has 45 heavy (non-hydrogen) atoms. The topological polar surface area (TPSA) is 24.1 Å². The number of piperidine rings is 2. The zero-order valence-corrected chi connectivity index (χ0v) is 34.7. The summed E-state index contributed by atoms with van der Waals surface area (Å²) in [6, 6.07) is 1.53.